The molecule has 0 saturated carbocycles. The maximum atomic E-state index is 5.43. The molecule has 2 aromatic rings. The Bertz CT molecular complexity index is 885. The lowest BCUT2D eigenvalue weighted by Gasteiger charge is -2.35. The number of allylic oxidation sites excluding steroid dienone is 1. The van der Waals surface area contributed by atoms with E-state index in [1.807, 2.05) is 18.5 Å². The van der Waals surface area contributed by atoms with Crippen LogP contribution in [-0.4, -0.2) is 10.1 Å². The number of rotatable bonds is 1. The lowest BCUT2D eigenvalue weighted by Crippen LogP contribution is -2.45. The Kier molecular flexibility index (Phi) is 3.49. The summed E-state index contributed by atoms with van der Waals surface area (Å²) < 4.78 is 0. The van der Waals surface area contributed by atoms with Crippen LogP contribution >= 0.6 is 12.2 Å². The summed E-state index contributed by atoms with van der Waals surface area (Å²) in [5.74, 6) is 0. The first-order valence-corrected chi connectivity index (χ1v) is 8.21. The Hall–Kier alpha value is -2.42. The van der Waals surface area contributed by atoms with Gasteiger partial charge < -0.3 is 10.6 Å². The van der Waals surface area contributed by atoms with Crippen LogP contribution < -0.4 is 10.6 Å². The molecule has 4 rings (SSSR count). The van der Waals surface area contributed by atoms with Gasteiger partial charge in [0.05, 0.1) is 6.04 Å². The van der Waals surface area contributed by atoms with Crippen LogP contribution in [0.1, 0.15) is 30.9 Å². The molecule has 1 unspecified atom stereocenters. The van der Waals surface area contributed by atoms with Gasteiger partial charge in [0.15, 0.2) is 5.11 Å². The highest BCUT2D eigenvalue weighted by atomic mass is 32.1. The van der Waals surface area contributed by atoms with E-state index < -0.39 is 0 Å². The molecule has 1 aromatic carbocycles. The largest absolute Gasteiger partial charge is 0.351 e. The fourth-order valence-corrected chi connectivity index (χ4v) is 3.78. The third kappa shape index (κ3) is 2.37. The van der Waals surface area contributed by atoms with E-state index in [0.29, 0.717) is 5.11 Å². The van der Waals surface area contributed by atoms with Crippen molar-refractivity contribution in [2.75, 3.05) is 0 Å². The summed E-state index contributed by atoms with van der Waals surface area (Å²) >= 11 is 5.43. The van der Waals surface area contributed by atoms with Crippen molar-refractivity contribution in [1.82, 2.24) is 15.6 Å². The molecule has 2 heterocycles. The number of thiocarbonyl (C=S) groups is 1. The topological polar surface area (TPSA) is 37.0 Å². The van der Waals surface area contributed by atoms with E-state index in [0.717, 1.165) is 30.2 Å². The van der Waals surface area contributed by atoms with Gasteiger partial charge in [0.25, 0.3) is 0 Å². The quantitative estimate of drug-likeness (QED) is 0.617. The van der Waals surface area contributed by atoms with Crippen LogP contribution in [0.2, 0.25) is 0 Å². The van der Waals surface area contributed by atoms with Crippen molar-refractivity contribution >= 4 is 28.1 Å². The average molecular weight is 319 g/mol. The van der Waals surface area contributed by atoms with Crippen molar-refractivity contribution in [3.8, 4) is 0 Å². The first-order chi connectivity index (χ1) is 11.3. The molecule has 2 aliphatic rings. The first kappa shape index (κ1) is 14.2. The zero-order valence-electron chi connectivity index (χ0n) is 12.7. The highest BCUT2D eigenvalue weighted by molar-refractivity contribution is 7.80. The molecular weight excluding hydrogens is 302 g/mol. The van der Waals surface area contributed by atoms with E-state index in [-0.39, 0.29) is 6.04 Å². The Morgan fingerprint density at radius 2 is 2.09 bits per heavy atom. The minimum atomic E-state index is 0.00176. The lowest BCUT2D eigenvalue weighted by molar-refractivity contribution is 0.624. The van der Waals surface area contributed by atoms with Crippen molar-refractivity contribution in [2.45, 2.75) is 25.3 Å². The van der Waals surface area contributed by atoms with Crippen molar-refractivity contribution in [1.29, 1.82) is 0 Å². The first-order valence-electron chi connectivity index (χ1n) is 7.80. The van der Waals surface area contributed by atoms with Crippen molar-refractivity contribution < 1.29 is 0 Å². The maximum absolute atomic E-state index is 5.43. The highest BCUT2D eigenvalue weighted by Crippen LogP contribution is 2.40. The number of benzene rings is 1. The molecule has 0 saturated heterocycles. The van der Waals surface area contributed by atoms with Crippen LogP contribution in [0.4, 0.5) is 0 Å². The van der Waals surface area contributed by atoms with Crippen LogP contribution in [0, 0.1) is 0 Å². The molecule has 114 valence electrons. The van der Waals surface area contributed by atoms with Gasteiger partial charge in [0.1, 0.15) is 0 Å². The van der Waals surface area contributed by atoms with Gasteiger partial charge in [-0.15, -0.1) is 5.73 Å². The van der Waals surface area contributed by atoms with Gasteiger partial charge in [-0.05, 0) is 36.9 Å². The average Bonchev–Trinajstić information content (AvgIpc) is 2.59. The van der Waals surface area contributed by atoms with Gasteiger partial charge in [-0.1, -0.05) is 30.8 Å². The maximum Gasteiger partial charge on any atom is 0.171 e. The fraction of sp³-hybridized carbons (Fsp3) is 0.211. The van der Waals surface area contributed by atoms with E-state index in [1.54, 1.807) is 0 Å². The van der Waals surface area contributed by atoms with Crippen LogP contribution in [0.5, 0.6) is 0 Å². The summed E-state index contributed by atoms with van der Waals surface area (Å²) in [7, 11) is 0. The molecule has 4 heteroatoms. The standard InChI is InChI=1S/C19H17N3S/c1-2-12-7-5-9-16-17(12)18(22-19(23)21-16)15-11-20-10-13-6-3-4-8-14(13)15/h3-4,6,8,10-11,18H,1,5,7,9H2,(H2,21,22,23). The second-order valence-corrected chi connectivity index (χ2v) is 6.29. The highest BCUT2D eigenvalue weighted by Gasteiger charge is 2.31. The van der Waals surface area contributed by atoms with E-state index in [2.05, 4.69) is 46.1 Å². The summed E-state index contributed by atoms with van der Waals surface area (Å²) in [5, 5.41) is 9.75. The Balaban J connectivity index is 1.95. The van der Waals surface area contributed by atoms with Crippen molar-refractivity contribution in [3.05, 3.63) is 71.4 Å². The number of nitrogens with one attached hydrogen (secondary N) is 2. The number of aromatic nitrogens is 1. The van der Waals surface area contributed by atoms with Crippen LogP contribution in [-0.2, 0) is 0 Å². The van der Waals surface area contributed by atoms with Crippen LogP contribution in [0.3, 0.4) is 0 Å². The molecule has 1 aliphatic heterocycles. The van der Waals surface area contributed by atoms with Gasteiger partial charge in [0, 0.05) is 40.2 Å². The molecule has 1 aromatic heterocycles. The van der Waals surface area contributed by atoms with Crippen molar-refractivity contribution in [2.24, 2.45) is 0 Å². The second-order valence-electron chi connectivity index (χ2n) is 5.88. The summed E-state index contributed by atoms with van der Waals surface area (Å²) in [4.78, 5) is 4.43. The minimum absolute atomic E-state index is 0.00176. The van der Waals surface area contributed by atoms with Gasteiger partial charge >= 0.3 is 0 Å². The third-order valence-electron chi connectivity index (χ3n) is 4.56. The predicted octanol–water partition coefficient (Wildman–Crippen LogP) is 3.90. The van der Waals surface area contributed by atoms with Gasteiger partial charge in [-0.3, -0.25) is 4.98 Å². The summed E-state index contributed by atoms with van der Waals surface area (Å²) in [6.07, 6.45) is 6.96. The smallest absolute Gasteiger partial charge is 0.171 e. The van der Waals surface area contributed by atoms with Crippen LogP contribution in [0.15, 0.2) is 65.8 Å². The number of hydrogen-bond donors (Lipinski definition) is 2. The summed E-state index contributed by atoms with van der Waals surface area (Å²) in [5.41, 5.74) is 7.88. The molecule has 0 spiro atoms. The summed E-state index contributed by atoms with van der Waals surface area (Å²) in [6, 6.07) is 8.33. The third-order valence-corrected chi connectivity index (χ3v) is 4.78. The minimum Gasteiger partial charge on any atom is -0.351 e. The molecule has 3 nitrogen and oxygen atoms in total. The molecule has 0 fully saturated rings. The number of nitrogens with zero attached hydrogens (tertiary/aromatic N) is 1. The second kappa shape index (κ2) is 5.65. The van der Waals surface area contributed by atoms with Gasteiger partial charge in [-0.2, -0.15) is 0 Å². The zero-order chi connectivity index (χ0) is 15.8. The molecule has 2 N–H and O–H groups in total. The van der Waals surface area contributed by atoms with Crippen LogP contribution in [0.25, 0.3) is 10.8 Å². The number of fused-ring (bicyclic) bond motifs is 1. The molecule has 1 atom stereocenters. The molecule has 0 amide bonds. The zero-order valence-corrected chi connectivity index (χ0v) is 13.5. The molecule has 23 heavy (non-hydrogen) atoms. The van der Waals surface area contributed by atoms with E-state index in [4.69, 9.17) is 12.2 Å². The lowest BCUT2D eigenvalue weighted by atomic mass is 9.82. The van der Waals surface area contributed by atoms with Gasteiger partial charge in [-0.25, -0.2) is 0 Å². The number of hydrogen-bond acceptors (Lipinski definition) is 2. The van der Waals surface area contributed by atoms with Gasteiger partial charge in [0.2, 0.25) is 0 Å². The summed E-state index contributed by atoms with van der Waals surface area (Å²) in [6.45, 7) is 3.88. The normalized spacial score (nSPS) is 20.6. The molecule has 1 aliphatic carbocycles. The van der Waals surface area contributed by atoms with Crippen molar-refractivity contribution in [3.63, 3.8) is 0 Å². The van der Waals surface area contributed by atoms with E-state index >= 15 is 0 Å². The number of pyridine rings is 1. The Labute approximate surface area is 140 Å². The van der Waals surface area contributed by atoms with E-state index in [9.17, 15) is 0 Å². The predicted molar refractivity (Wildman–Crippen MR) is 96.9 cm³/mol. The van der Waals surface area contributed by atoms with E-state index in [1.165, 1.54) is 22.2 Å². The molecule has 0 bridgehead atoms. The molecular formula is C19H17N3S. The fourth-order valence-electron chi connectivity index (χ4n) is 3.53. The monoisotopic (exact) mass is 319 g/mol. The molecule has 0 radical (unpaired) electrons. The Morgan fingerprint density at radius 3 is 2.96 bits per heavy atom. The SMILES string of the molecule is C=C=C1CCCC2=C1C(c1cncc3ccccc13)NC(=S)N2. The Morgan fingerprint density at radius 1 is 1.22 bits per heavy atom.